The number of nitrogens with zero attached hydrogens (tertiary/aromatic N) is 1. The Labute approximate surface area is 238 Å². The molecular weight excluding hydrogens is 496 g/mol. The second-order valence-corrected chi connectivity index (χ2v) is 9.93. The van der Waals surface area contributed by atoms with E-state index in [2.05, 4.69) is 60.8 Å². The van der Waals surface area contributed by atoms with E-state index in [0.29, 0.717) is 37.7 Å². The van der Waals surface area contributed by atoms with Crippen LogP contribution in [0.5, 0.6) is 11.5 Å². The van der Waals surface area contributed by atoms with Gasteiger partial charge in [0.05, 0.1) is 7.11 Å². The van der Waals surface area contributed by atoms with Gasteiger partial charge in [-0.2, -0.15) is 0 Å². The van der Waals surface area contributed by atoms with Crippen LogP contribution in [0.25, 0.3) is 0 Å². The van der Waals surface area contributed by atoms with Gasteiger partial charge in [-0.25, -0.2) is 4.79 Å². The van der Waals surface area contributed by atoms with Crippen molar-refractivity contribution >= 4 is 6.03 Å². The highest BCUT2D eigenvalue weighted by Crippen LogP contribution is 2.31. The van der Waals surface area contributed by atoms with Gasteiger partial charge < -0.3 is 19.7 Å². The van der Waals surface area contributed by atoms with E-state index in [1.54, 1.807) is 7.11 Å². The summed E-state index contributed by atoms with van der Waals surface area (Å²) in [5.41, 5.74) is 4.59. The molecule has 1 N–H and O–H groups in total. The predicted octanol–water partition coefficient (Wildman–Crippen LogP) is 7.81. The fourth-order valence-corrected chi connectivity index (χ4v) is 4.80. The number of unbranched alkanes of at least 4 members (excludes halogenated alkanes) is 1. The molecule has 5 heteroatoms. The van der Waals surface area contributed by atoms with E-state index in [1.165, 1.54) is 11.1 Å². The molecule has 0 aromatic heterocycles. The maximum Gasteiger partial charge on any atom is 0.317 e. The lowest BCUT2D eigenvalue weighted by molar-refractivity contribution is 0.193. The number of carbonyl (C=O) groups excluding carboxylic acids is 1. The van der Waals surface area contributed by atoms with E-state index >= 15 is 0 Å². The van der Waals surface area contributed by atoms with Gasteiger partial charge in [0.1, 0.15) is 6.61 Å². The normalized spacial score (nSPS) is 10.8. The number of rotatable bonds is 14. The summed E-state index contributed by atoms with van der Waals surface area (Å²) < 4.78 is 11.7. The van der Waals surface area contributed by atoms with Crippen molar-refractivity contribution in [3.8, 4) is 11.5 Å². The van der Waals surface area contributed by atoms with Crippen molar-refractivity contribution in [1.29, 1.82) is 0 Å². The van der Waals surface area contributed by atoms with Crippen LogP contribution in [0.2, 0.25) is 0 Å². The van der Waals surface area contributed by atoms with Crippen LogP contribution in [0.4, 0.5) is 4.79 Å². The molecular formula is C35H40N2O3. The van der Waals surface area contributed by atoms with E-state index in [9.17, 15) is 4.79 Å². The smallest absolute Gasteiger partial charge is 0.317 e. The predicted molar refractivity (Wildman–Crippen MR) is 162 cm³/mol. The minimum atomic E-state index is -0.0447. The number of carbonyl (C=O) groups is 1. The fraction of sp³-hybridized carbons (Fsp3) is 0.286. The van der Waals surface area contributed by atoms with Crippen molar-refractivity contribution in [3.05, 3.63) is 131 Å². The summed E-state index contributed by atoms with van der Waals surface area (Å²) in [5.74, 6) is 1.53. The first kappa shape index (κ1) is 28.8. The van der Waals surface area contributed by atoms with Gasteiger partial charge >= 0.3 is 6.03 Å². The zero-order chi connectivity index (χ0) is 28.0. The van der Waals surface area contributed by atoms with Crippen LogP contribution in [0, 0.1) is 0 Å². The first-order valence-corrected chi connectivity index (χ1v) is 14.1. The lowest BCUT2D eigenvalue weighted by Crippen LogP contribution is -2.40. The van der Waals surface area contributed by atoms with Crippen LogP contribution >= 0.6 is 0 Å². The highest BCUT2D eigenvalue weighted by molar-refractivity contribution is 5.74. The molecule has 0 spiro atoms. The lowest BCUT2D eigenvalue weighted by atomic mass is 9.88. The number of ether oxygens (including phenoxy) is 2. The van der Waals surface area contributed by atoms with Crippen molar-refractivity contribution < 1.29 is 14.3 Å². The molecule has 0 saturated heterocycles. The van der Waals surface area contributed by atoms with Gasteiger partial charge in [-0.3, -0.25) is 0 Å². The molecule has 0 saturated carbocycles. The minimum Gasteiger partial charge on any atom is -0.493 e. The van der Waals surface area contributed by atoms with Crippen LogP contribution in [0.15, 0.2) is 109 Å². The Balaban J connectivity index is 1.50. The summed E-state index contributed by atoms with van der Waals surface area (Å²) in [6.45, 7) is 4.34. The molecule has 0 atom stereocenters. The Hall–Kier alpha value is -4.25. The van der Waals surface area contributed by atoms with E-state index in [-0.39, 0.29) is 11.9 Å². The van der Waals surface area contributed by atoms with Gasteiger partial charge in [0.2, 0.25) is 0 Å². The number of benzene rings is 4. The number of nitrogens with one attached hydrogen (secondary N) is 1. The largest absolute Gasteiger partial charge is 0.493 e. The van der Waals surface area contributed by atoms with Gasteiger partial charge in [0.25, 0.3) is 0 Å². The second-order valence-electron chi connectivity index (χ2n) is 9.93. The first-order chi connectivity index (χ1) is 19.7. The van der Waals surface area contributed by atoms with Gasteiger partial charge in [0.15, 0.2) is 11.5 Å². The molecule has 40 heavy (non-hydrogen) atoms. The Morgan fingerprint density at radius 1 is 0.800 bits per heavy atom. The highest BCUT2D eigenvalue weighted by atomic mass is 16.5. The van der Waals surface area contributed by atoms with Crippen LogP contribution in [-0.4, -0.2) is 31.1 Å². The molecule has 4 aromatic rings. The number of amides is 2. The summed E-state index contributed by atoms with van der Waals surface area (Å²) in [6, 6.07) is 37.0. The third-order valence-electron chi connectivity index (χ3n) is 7.02. The molecule has 5 nitrogen and oxygen atoms in total. The quantitative estimate of drug-likeness (QED) is 0.167. The number of hydrogen-bond acceptors (Lipinski definition) is 3. The molecule has 0 radical (unpaired) electrons. The number of methoxy groups -OCH3 is 1. The lowest BCUT2D eigenvalue weighted by Gasteiger charge is -2.27. The second kappa shape index (κ2) is 15.4. The van der Waals surface area contributed by atoms with E-state index in [1.807, 2.05) is 65.6 Å². The van der Waals surface area contributed by atoms with Crippen LogP contribution in [-0.2, 0) is 13.2 Å². The third-order valence-corrected chi connectivity index (χ3v) is 7.02. The van der Waals surface area contributed by atoms with Crippen molar-refractivity contribution in [2.75, 3.05) is 20.2 Å². The van der Waals surface area contributed by atoms with Crippen LogP contribution in [0.3, 0.4) is 0 Å². The topological polar surface area (TPSA) is 50.8 Å². The molecule has 4 aromatic carbocycles. The molecule has 0 unspecified atom stereocenters. The molecule has 0 fully saturated rings. The average molecular weight is 537 g/mol. The summed E-state index contributed by atoms with van der Waals surface area (Å²) in [5, 5.41) is 3.12. The maximum absolute atomic E-state index is 13.3. The average Bonchev–Trinajstić information content (AvgIpc) is 3.01. The SMILES string of the molecule is CCCCNC(=O)N(CCC(c1ccccc1)c1ccccc1)Cc1ccc(OCc2ccccc2)c(OC)c1. The molecule has 0 aliphatic heterocycles. The molecule has 0 aliphatic carbocycles. The van der Waals surface area contributed by atoms with E-state index < -0.39 is 0 Å². The Morgan fingerprint density at radius 2 is 1.43 bits per heavy atom. The number of hydrogen-bond donors (Lipinski definition) is 1. The Bertz CT molecular complexity index is 1260. The van der Waals surface area contributed by atoms with Crippen molar-refractivity contribution in [2.24, 2.45) is 0 Å². The summed E-state index contributed by atoms with van der Waals surface area (Å²) in [7, 11) is 1.65. The maximum atomic E-state index is 13.3. The van der Waals surface area contributed by atoms with Crippen molar-refractivity contribution in [1.82, 2.24) is 10.2 Å². The zero-order valence-corrected chi connectivity index (χ0v) is 23.6. The first-order valence-electron chi connectivity index (χ1n) is 14.1. The summed E-state index contributed by atoms with van der Waals surface area (Å²) >= 11 is 0. The van der Waals surface area contributed by atoms with Gasteiger partial charge in [0, 0.05) is 25.6 Å². The van der Waals surface area contributed by atoms with Crippen molar-refractivity contribution in [3.63, 3.8) is 0 Å². The Morgan fingerprint density at radius 3 is 2.02 bits per heavy atom. The highest BCUT2D eigenvalue weighted by Gasteiger charge is 2.20. The fourth-order valence-electron chi connectivity index (χ4n) is 4.80. The molecule has 208 valence electrons. The van der Waals surface area contributed by atoms with Gasteiger partial charge in [-0.15, -0.1) is 0 Å². The molecule has 0 heterocycles. The molecule has 2 amide bonds. The Kier molecular flexibility index (Phi) is 11.0. The molecule has 4 rings (SSSR count). The summed E-state index contributed by atoms with van der Waals surface area (Å²) in [4.78, 5) is 15.3. The van der Waals surface area contributed by atoms with E-state index in [4.69, 9.17) is 9.47 Å². The minimum absolute atomic E-state index is 0.0447. The standard InChI is InChI=1S/C35H40N2O3/c1-3-4-23-36-35(38)37(24-22-32(30-16-10-6-11-17-30)31-18-12-7-13-19-31)26-29-20-21-33(34(25-29)39-2)40-27-28-14-8-5-9-15-28/h5-21,25,32H,3-4,22-24,26-27H2,1-2H3,(H,36,38). The van der Waals surface area contributed by atoms with E-state index in [0.717, 1.165) is 30.4 Å². The molecule has 0 aliphatic rings. The van der Waals surface area contributed by atoms with Crippen LogP contribution < -0.4 is 14.8 Å². The zero-order valence-electron chi connectivity index (χ0n) is 23.6. The monoisotopic (exact) mass is 536 g/mol. The van der Waals surface area contributed by atoms with Crippen LogP contribution in [0.1, 0.15) is 54.4 Å². The number of urea groups is 1. The third kappa shape index (κ3) is 8.37. The van der Waals surface area contributed by atoms with Crippen molar-refractivity contribution in [2.45, 2.75) is 45.3 Å². The van der Waals surface area contributed by atoms with Gasteiger partial charge in [-0.1, -0.05) is 110 Å². The molecule has 0 bridgehead atoms. The summed E-state index contributed by atoms with van der Waals surface area (Å²) in [6.07, 6.45) is 2.80. The van der Waals surface area contributed by atoms with Gasteiger partial charge in [-0.05, 0) is 47.2 Å².